The number of aliphatic carboxylic acids is 1. The Bertz CT molecular complexity index is 381. The number of hydrogen-bond donors (Lipinski definition) is 2. The van der Waals surface area contributed by atoms with E-state index in [1.165, 1.54) is 5.56 Å². The molecule has 3 nitrogen and oxygen atoms in total. The monoisotopic (exact) mass is 250 g/mol. The lowest BCUT2D eigenvalue weighted by Gasteiger charge is -2.18. The number of aliphatic hydroxyl groups is 1. The van der Waals surface area contributed by atoms with Crippen LogP contribution in [0, 0.1) is 11.8 Å². The molecule has 0 spiro atoms. The highest BCUT2D eigenvalue weighted by Gasteiger charge is 2.19. The molecule has 0 aliphatic heterocycles. The summed E-state index contributed by atoms with van der Waals surface area (Å²) in [6, 6.07) is 7.79. The summed E-state index contributed by atoms with van der Waals surface area (Å²) in [4.78, 5) is 10.6. The van der Waals surface area contributed by atoms with Gasteiger partial charge in [-0.3, -0.25) is 4.79 Å². The van der Waals surface area contributed by atoms with Crippen LogP contribution in [0.1, 0.15) is 44.4 Å². The lowest BCUT2D eigenvalue weighted by atomic mass is 9.93. The van der Waals surface area contributed by atoms with Crippen molar-refractivity contribution in [2.24, 2.45) is 11.8 Å². The van der Waals surface area contributed by atoms with Crippen molar-refractivity contribution in [2.45, 2.75) is 39.7 Å². The molecule has 1 aromatic rings. The Hall–Kier alpha value is -1.35. The number of hydrogen-bond acceptors (Lipinski definition) is 2. The summed E-state index contributed by atoms with van der Waals surface area (Å²) in [5.74, 6) is -0.553. The van der Waals surface area contributed by atoms with E-state index in [4.69, 9.17) is 5.11 Å². The number of carboxylic acid groups (broad SMARTS) is 1. The van der Waals surface area contributed by atoms with Crippen LogP contribution in [0.5, 0.6) is 0 Å². The number of benzene rings is 1. The molecule has 2 N–H and O–H groups in total. The Morgan fingerprint density at radius 1 is 1.17 bits per heavy atom. The number of carbonyl (C=O) groups is 1. The summed E-state index contributed by atoms with van der Waals surface area (Å²) in [5, 5.41) is 18.8. The zero-order valence-electron chi connectivity index (χ0n) is 11.3. The van der Waals surface area contributed by atoms with Crippen molar-refractivity contribution in [1.29, 1.82) is 0 Å². The first-order valence-corrected chi connectivity index (χ1v) is 6.38. The van der Waals surface area contributed by atoms with Gasteiger partial charge in [-0.15, -0.1) is 0 Å². The standard InChI is InChI=1S/C15H22O3/c1-10(2)8-12-4-6-13(7-5-12)15(18)11(3)9-14(16)17/h4-7,10-11,15,18H,8-9H2,1-3H3,(H,16,17). The van der Waals surface area contributed by atoms with Crippen molar-refractivity contribution in [3.63, 3.8) is 0 Å². The quantitative estimate of drug-likeness (QED) is 0.816. The molecule has 0 aliphatic rings. The molecule has 3 heteroatoms. The van der Waals surface area contributed by atoms with Crippen molar-refractivity contribution in [2.75, 3.05) is 0 Å². The highest BCUT2D eigenvalue weighted by atomic mass is 16.4. The van der Waals surface area contributed by atoms with Gasteiger partial charge in [0.2, 0.25) is 0 Å². The van der Waals surface area contributed by atoms with E-state index in [1.54, 1.807) is 6.92 Å². The zero-order chi connectivity index (χ0) is 13.7. The molecule has 100 valence electrons. The Kier molecular flexibility index (Phi) is 5.35. The van der Waals surface area contributed by atoms with Crippen LogP contribution in [-0.2, 0) is 11.2 Å². The SMILES string of the molecule is CC(C)Cc1ccc(C(O)C(C)CC(=O)O)cc1. The predicted octanol–water partition coefficient (Wildman–Crippen LogP) is 3.03. The van der Waals surface area contributed by atoms with Crippen LogP contribution in [0.4, 0.5) is 0 Å². The lowest BCUT2D eigenvalue weighted by molar-refractivity contribution is -0.139. The van der Waals surface area contributed by atoms with E-state index in [9.17, 15) is 9.90 Å². The fourth-order valence-corrected chi connectivity index (χ4v) is 2.04. The van der Waals surface area contributed by atoms with Gasteiger partial charge in [0.05, 0.1) is 12.5 Å². The molecule has 0 aromatic heterocycles. The van der Waals surface area contributed by atoms with Gasteiger partial charge in [0.25, 0.3) is 0 Å². The first kappa shape index (κ1) is 14.7. The van der Waals surface area contributed by atoms with Gasteiger partial charge in [0, 0.05) is 0 Å². The van der Waals surface area contributed by atoms with Gasteiger partial charge in [-0.05, 0) is 29.4 Å². The number of aliphatic hydroxyl groups excluding tert-OH is 1. The van der Waals surface area contributed by atoms with Crippen molar-refractivity contribution in [3.05, 3.63) is 35.4 Å². The minimum atomic E-state index is -0.877. The predicted molar refractivity (Wildman–Crippen MR) is 71.4 cm³/mol. The van der Waals surface area contributed by atoms with E-state index >= 15 is 0 Å². The van der Waals surface area contributed by atoms with Crippen molar-refractivity contribution < 1.29 is 15.0 Å². The molecular weight excluding hydrogens is 228 g/mol. The van der Waals surface area contributed by atoms with Crippen LogP contribution in [0.2, 0.25) is 0 Å². The van der Waals surface area contributed by atoms with Crippen LogP contribution in [-0.4, -0.2) is 16.2 Å². The van der Waals surface area contributed by atoms with E-state index in [-0.39, 0.29) is 12.3 Å². The molecule has 0 amide bonds. The first-order valence-electron chi connectivity index (χ1n) is 6.38. The van der Waals surface area contributed by atoms with Crippen molar-refractivity contribution >= 4 is 5.97 Å². The second-order valence-electron chi connectivity index (χ2n) is 5.36. The Labute approximate surface area is 108 Å². The molecule has 1 aromatic carbocycles. The van der Waals surface area contributed by atoms with E-state index in [1.807, 2.05) is 24.3 Å². The highest BCUT2D eigenvalue weighted by Crippen LogP contribution is 2.24. The van der Waals surface area contributed by atoms with E-state index < -0.39 is 12.1 Å². The van der Waals surface area contributed by atoms with Crippen LogP contribution < -0.4 is 0 Å². The van der Waals surface area contributed by atoms with Gasteiger partial charge >= 0.3 is 5.97 Å². The average molecular weight is 250 g/mol. The molecule has 2 unspecified atom stereocenters. The van der Waals surface area contributed by atoms with E-state index in [2.05, 4.69) is 13.8 Å². The third-order valence-corrected chi connectivity index (χ3v) is 3.00. The molecule has 1 rings (SSSR count). The summed E-state index contributed by atoms with van der Waals surface area (Å²) < 4.78 is 0. The van der Waals surface area contributed by atoms with Crippen LogP contribution in [0.15, 0.2) is 24.3 Å². The van der Waals surface area contributed by atoms with Gasteiger partial charge in [-0.2, -0.15) is 0 Å². The average Bonchev–Trinajstić information content (AvgIpc) is 2.27. The normalized spacial score (nSPS) is 14.5. The maximum atomic E-state index is 10.6. The highest BCUT2D eigenvalue weighted by molar-refractivity contribution is 5.67. The maximum Gasteiger partial charge on any atom is 0.303 e. The molecule has 0 heterocycles. The third-order valence-electron chi connectivity index (χ3n) is 3.00. The van der Waals surface area contributed by atoms with Gasteiger partial charge in [0.15, 0.2) is 0 Å². The zero-order valence-corrected chi connectivity index (χ0v) is 11.3. The molecule has 0 saturated carbocycles. The fourth-order valence-electron chi connectivity index (χ4n) is 2.04. The summed E-state index contributed by atoms with van der Waals surface area (Å²) >= 11 is 0. The molecule has 0 radical (unpaired) electrons. The van der Waals surface area contributed by atoms with Gasteiger partial charge in [0.1, 0.15) is 0 Å². The molecule has 0 aliphatic carbocycles. The summed E-state index contributed by atoms with van der Waals surface area (Å²) in [5.41, 5.74) is 2.03. The van der Waals surface area contributed by atoms with E-state index in [0.717, 1.165) is 12.0 Å². The van der Waals surface area contributed by atoms with Gasteiger partial charge in [-0.25, -0.2) is 0 Å². The van der Waals surface area contributed by atoms with Crippen LogP contribution >= 0.6 is 0 Å². The molecule has 0 saturated heterocycles. The second-order valence-corrected chi connectivity index (χ2v) is 5.36. The third kappa shape index (κ3) is 4.49. The van der Waals surface area contributed by atoms with Gasteiger partial charge in [-0.1, -0.05) is 45.0 Å². The Balaban J connectivity index is 2.69. The maximum absolute atomic E-state index is 10.6. The summed E-state index contributed by atoms with van der Waals surface area (Å²) in [7, 11) is 0. The minimum absolute atomic E-state index is 0.0189. The summed E-state index contributed by atoms with van der Waals surface area (Å²) in [6.07, 6.45) is 0.282. The van der Waals surface area contributed by atoms with Crippen molar-refractivity contribution in [3.8, 4) is 0 Å². The Morgan fingerprint density at radius 3 is 2.17 bits per heavy atom. The fraction of sp³-hybridized carbons (Fsp3) is 0.533. The van der Waals surface area contributed by atoms with Gasteiger partial charge < -0.3 is 10.2 Å². The topological polar surface area (TPSA) is 57.5 Å². The Morgan fingerprint density at radius 2 is 1.72 bits per heavy atom. The molecule has 18 heavy (non-hydrogen) atoms. The smallest absolute Gasteiger partial charge is 0.303 e. The number of rotatable bonds is 6. The second kappa shape index (κ2) is 6.55. The lowest BCUT2D eigenvalue weighted by Crippen LogP contribution is -2.13. The molecule has 0 fully saturated rings. The van der Waals surface area contributed by atoms with Crippen LogP contribution in [0.25, 0.3) is 0 Å². The van der Waals surface area contributed by atoms with Crippen LogP contribution in [0.3, 0.4) is 0 Å². The first-order chi connectivity index (χ1) is 8.40. The minimum Gasteiger partial charge on any atom is -0.481 e. The van der Waals surface area contributed by atoms with E-state index in [0.29, 0.717) is 5.92 Å². The van der Waals surface area contributed by atoms with Crippen molar-refractivity contribution in [1.82, 2.24) is 0 Å². The molecular formula is C15H22O3. The molecule has 0 bridgehead atoms. The molecule has 2 atom stereocenters. The number of carboxylic acids is 1. The summed E-state index contributed by atoms with van der Waals surface area (Å²) in [6.45, 7) is 6.08. The largest absolute Gasteiger partial charge is 0.481 e.